The maximum atomic E-state index is 12.3. The summed E-state index contributed by atoms with van der Waals surface area (Å²) in [6.45, 7) is 11.9. The summed E-state index contributed by atoms with van der Waals surface area (Å²) in [5, 5.41) is 15.4. The standard InChI is InChI=1S/C15H30N2O3/c1-7-11(9-18)16-10(2)13(19)17-12-8-14(3,4)20-15(12,5)6/h10-12,16,18H,7-9H2,1-6H3,(H,17,19). The normalized spacial score (nSPS) is 27.1. The van der Waals surface area contributed by atoms with Gasteiger partial charge in [0.1, 0.15) is 0 Å². The van der Waals surface area contributed by atoms with Crippen LogP contribution in [0.5, 0.6) is 0 Å². The zero-order chi connectivity index (χ0) is 15.6. The van der Waals surface area contributed by atoms with E-state index in [0.717, 1.165) is 12.8 Å². The third-order valence-electron chi connectivity index (χ3n) is 3.98. The first-order chi connectivity index (χ1) is 9.11. The van der Waals surface area contributed by atoms with Gasteiger partial charge in [-0.3, -0.25) is 4.79 Å². The Kier molecular flexibility index (Phi) is 5.58. The molecule has 1 amide bonds. The van der Waals surface area contributed by atoms with Crippen molar-refractivity contribution in [1.29, 1.82) is 0 Å². The van der Waals surface area contributed by atoms with Crippen molar-refractivity contribution in [3.63, 3.8) is 0 Å². The molecule has 1 aliphatic heterocycles. The molecular weight excluding hydrogens is 256 g/mol. The molecule has 20 heavy (non-hydrogen) atoms. The third kappa shape index (κ3) is 4.43. The lowest BCUT2D eigenvalue weighted by molar-refractivity contribution is -0.125. The van der Waals surface area contributed by atoms with Crippen molar-refractivity contribution >= 4 is 5.91 Å². The fourth-order valence-electron chi connectivity index (χ4n) is 2.81. The molecule has 0 saturated carbocycles. The molecule has 3 atom stereocenters. The molecule has 0 aromatic carbocycles. The van der Waals surface area contributed by atoms with Gasteiger partial charge in [0.15, 0.2) is 0 Å². The van der Waals surface area contributed by atoms with Gasteiger partial charge in [-0.25, -0.2) is 0 Å². The fraction of sp³-hybridized carbons (Fsp3) is 0.933. The summed E-state index contributed by atoms with van der Waals surface area (Å²) >= 11 is 0. The maximum Gasteiger partial charge on any atom is 0.237 e. The summed E-state index contributed by atoms with van der Waals surface area (Å²) in [5.74, 6) is -0.0451. The minimum atomic E-state index is -0.361. The smallest absolute Gasteiger partial charge is 0.237 e. The van der Waals surface area contributed by atoms with Gasteiger partial charge in [0, 0.05) is 6.04 Å². The second-order valence-electron chi connectivity index (χ2n) is 6.91. The highest BCUT2D eigenvalue weighted by molar-refractivity contribution is 5.81. The quantitative estimate of drug-likeness (QED) is 0.686. The van der Waals surface area contributed by atoms with Crippen LogP contribution in [0.4, 0.5) is 0 Å². The second-order valence-corrected chi connectivity index (χ2v) is 6.91. The Morgan fingerprint density at radius 3 is 2.40 bits per heavy atom. The van der Waals surface area contributed by atoms with Gasteiger partial charge in [0.2, 0.25) is 5.91 Å². The van der Waals surface area contributed by atoms with Crippen molar-refractivity contribution in [2.45, 2.75) is 83.7 Å². The van der Waals surface area contributed by atoms with Crippen LogP contribution in [0.1, 0.15) is 54.4 Å². The maximum absolute atomic E-state index is 12.3. The van der Waals surface area contributed by atoms with Gasteiger partial charge in [-0.05, 0) is 47.5 Å². The predicted molar refractivity (Wildman–Crippen MR) is 79.6 cm³/mol. The Hall–Kier alpha value is -0.650. The molecule has 3 N–H and O–H groups in total. The molecule has 1 aliphatic rings. The molecule has 5 nitrogen and oxygen atoms in total. The van der Waals surface area contributed by atoms with E-state index in [1.54, 1.807) is 0 Å². The monoisotopic (exact) mass is 286 g/mol. The molecule has 1 rings (SSSR count). The van der Waals surface area contributed by atoms with Gasteiger partial charge in [0.05, 0.1) is 29.9 Å². The van der Waals surface area contributed by atoms with Gasteiger partial charge in [-0.15, -0.1) is 0 Å². The summed E-state index contributed by atoms with van der Waals surface area (Å²) in [6.07, 6.45) is 1.59. The van der Waals surface area contributed by atoms with E-state index >= 15 is 0 Å². The first-order valence-electron chi connectivity index (χ1n) is 7.48. The number of carbonyl (C=O) groups excluding carboxylic acids is 1. The molecule has 1 fully saturated rings. The highest BCUT2D eigenvalue weighted by Crippen LogP contribution is 2.37. The topological polar surface area (TPSA) is 70.6 Å². The number of ether oxygens (including phenoxy) is 1. The molecule has 1 saturated heterocycles. The summed E-state index contributed by atoms with van der Waals surface area (Å²) in [4.78, 5) is 12.3. The van der Waals surface area contributed by atoms with E-state index in [1.165, 1.54) is 0 Å². The van der Waals surface area contributed by atoms with Gasteiger partial charge in [0.25, 0.3) is 0 Å². The molecule has 118 valence electrons. The van der Waals surface area contributed by atoms with E-state index in [9.17, 15) is 9.90 Å². The van der Waals surface area contributed by atoms with Crippen molar-refractivity contribution in [3.05, 3.63) is 0 Å². The molecule has 0 aromatic heterocycles. The number of rotatable bonds is 6. The first kappa shape index (κ1) is 17.4. The SMILES string of the molecule is CCC(CO)NC(C)C(=O)NC1CC(C)(C)OC1(C)C. The number of hydrogen-bond donors (Lipinski definition) is 3. The van der Waals surface area contributed by atoms with E-state index in [-0.39, 0.29) is 41.8 Å². The average molecular weight is 286 g/mol. The van der Waals surface area contributed by atoms with Crippen LogP contribution in [0, 0.1) is 0 Å². The first-order valence-corrected chi connectivity index (χ1v) is 7.48. The molecule has 0 spiro atoms. The summed E-state index contributed by atoms with van der Waals surface area (Å²) in [7, 11) is 0. The Morgan fingerprint density at radius 2 is 2.00 bits per heavy atom. The fourth-order valence-corrected chi connectivity index (χ4v) is 2.81. The second kappa shape index (κ2) is 6.41. The number of aliphatic hydroxyl groups excluding tert-OH is 1. The van der Waals surface area contributed by atoms with E-state index in [2.05, 4.69) is 10.6 Å². The number of amides is 1. The van der Waals surface area contributed by atoms with E-state index in [0.29, 0.717) is 0 Å². The third-order valence-corrected chi connectivity index (χ3v) is 3.98. The van der Waals surface area contributed by atoms with E-state index in [1.807, 2.05) is 41.5 Å². The number of hydrogen-bond acceptors (Lipinski definition) is 4. The minimum absolute atomic E-state index is 0.00320. The van der Waals surface area contributed by atoms with Crippen LogP contribution in [0.15, 0.2) is 0 Å². The van der Waals surface area contributed by atoms with Crippen LogP contribution in [0.25, 0.3) is 0 Å². The molecule has 0 aromatic rings. The Morgan fingerprint density at radius 1 is 1.40 bits per heavy atom. The van der Waals surface area contributed by atoms with Crippen molar-refractivity contribution in [2.75, 3.05) is 6.61 Å². The van der Waals surface area contributed by atoms with E-state index < -0.39 is 0 Å². The zero-order valence-corrected chi connectivity index (χ0v) is 13.6. The largest absolute Gasteiger partial charge is 0.395 e. The molecule has 0 bridgehead atoms. The highest BCUT2D eigenvalue weighted by atomic mass is 16.5. The van der Waals surface area contributed by atoms with Crippen LogP contribution in [-0.4, -0.2) is 46.9 Å². The predicted octanol–water partition coefficient (Wildman–Crippen LogP) is 1.20. The molecule has 5 heteroatoms. The Bertz CT molecular complexity index is 338. The van der Waals surface area contributed by atoms with Crippen molar-refractivity contribution in [2.24, 2.45) is 0 Å². The molecule has 0 aliphatic carbocycles. The Labute approximate surface area is 122 Å². The van der Waals surface area contributed by atoms with Crippen LogP contribution in [-0.2, 0) is 9.53 Å². The van der Waals surface area contributed by atoms with Gasteiger partial charge in [-0.1, -0.05) is 6.92 Å². The lowest BCUT2D eigenvalue weighted by atomic mass is 9.94. The van der Waals surface area contributed by atoms with Crippen molar-refractivity contribution in [1.82, 2.24) is 10.6 Å². The molecule has 3 unspecified atom stereocenters. The van der Waals surface area contributed by atoms with Gasteiger partial charge < -0.3 is 20.5 Å². The summed E-state index contributed by atoms with van der Waals surface area (Å²) in [6, 6.07) is -0.366. The average Bonchev–Trinajstić information content (AvgIpc) is 2.53. The van der Waals surface area contributed by atoms with Crippen LogP contribution in [0.3, 0.4) is 0 Å². The molecule has 0 radical (unpaired) electrons. The number of aliphatic hydroxyl groups is 1. The minimum Gasteiger partial charge on any atom is -0.395 e. The number of carbonyl (C=O) groups is 1. The summed E-state index contributed by atoms with van der Waals surface area (Å²) < 4.78 is 5.98. The van der Waals surface area contributed by atoms with Gasteiger partial charge in [-0.2, -0.15) is 0 Å². The zero-order valence-electron chi connectivity index (χ0n) is 13.6. The van der Waals surface area contributed by atoms with Crippen molar-refractivity contribution in [3.8, 4) is 0 Å². The van der Waals surface area contributed by atoms with Crippen LogP contribution >= 0.6 is 0 Å². The lowest BCUT2D eigenvalue weighted by Gasteiger charge is -2.29. The molecule has 1 heterocycles. The van der Waals surface area contributed by atoms with Crippen LogP contribution < -0.4 is 10.6 Å². The molecular formula is C15H30N2O3. The lowest BCUT2D eigenvalue weighted by Crippen LogP contribution is -2.53. The van der Waals surface area contributed by atoms with E-state index in [4.69, 9.17) is 4.74 Å². The van der Waals surface area contributed by atoms with Gasteiger partial charge >= 0.3 is 0 Å². The Balaban J connectivity index is 2.58. The summed E-state index contributed by atoms with van der Waals surface area (Å²) in [5.41, 5.74) is -0.574. The van der Waals surface area contributed by atoms with Crippen LogP contribution in [0.2, 0.25) is 0 Å². The van der Waals surface area contributed by atoms with Crippen molar-refractivity contribution < 1.29 is 14.6 Å². The highest BCUT2D eigenvalue weighted by Gasteiger charge is 2.46. The number of nitrogens with one attached hydrogen (secondary N) is 2.